The Morgan fingerprint density at radius 3 is 2.60 bits per heavy atom. The van der Waals surface area contributed by atoms with Crippen LogP contribution in [-0.2, 0) is 4.79 Å². The SMILES string of the molecule is CCC(C)(C)NC(=O)C(C)SCCCN. The predicted molar refractivity (Wildman–Crippen MR) is 68.1 cm³/mol. The highest BCUT2D eigenvalue weighted by molar-refractivity contribution is 8.00. The van der Waals surface area contributed by atoms with E-state index in [0.29, 0.717) is 6.54 Å². The molecule has 0 saturated heterocycles. The van der Waals surface area contributed by atoms with Crippen molar-refractivity contribution in [3.63, 3.8) is 0 Å². The summed E-state index contributed by atoms with van der Waals surface area (Å²) in [7, 11) is 0. The molecule has 0 fully saturated rings. The maximum absolute atomic E-state index is 11.7. The van der Waals surface area contributed by atoms with Crippen molar-refractivity contribution < 1.29 is 4.79 Å². The number of hydrogen-bond donors (Lipinski definition) is 2. The third kappa shape index (κ3) is 6.79. The van der Waals surface area contributed by atoms with E-state index in [4.69, 9.17) is 5.73 Å². The van der Waals surface area contributed by atoms with Crippen LogP contribution in [0, 0.1) is 0 Å². The van der Waals surface area contributed by atoms with Crippen molar-refractivity contribution in [3.8, 4) is 0 Å². The second kappa shape index (κ2) is 7.12. The Balaban J connectivity index is 3.88. The molecule has 0 aromatic heterocycles. The molecule has 0 aliphatic heterocycles. The molecule has 3 nitrogen and oxygen atoms in total. The molecule has 3 N–H and O–H groups in total. The van der Waals surface area contributed by atoms with Crippen molar-refractivity contribution in [3.05, 3.63) is 0 Å². The van der Waals surface area contributed by atoms with E-state index in [1.807, 2.05) is 20.8 Å². The van der Waals surface area contributed by atoms with E-state index in [0.717, 1.165) is 18.6 Å². The first kappa shape index (κ1) is 14.8. The molecule has 0 heterocycles. The van der Waals surface area contributed by atoms with Gasteiger partial charge in [0.25, 0.3) is 0 Å². The Labute approximate surface area is 97.6 Å². The number of carbonyl (C=O) groups is 1. The number of thioether (sulfide) groups is 1. The molecule has 0 spiro atoms. The molecule has 4 heteroatoms. The second-order valence-electron chi connectivity index (χ2n) is 4.38. The first-order valence-electron chi connectivity index (χ1n) is 5.56. The second-order valence-corrected chi connectivity index (χ2v) is 5.83. The minimum absolute atomic E-state index is 0.0161. The Morgan fingerprint density at radius 1 is 1.53 bits per heavy atom. The third-order valence-corrected chi connectivity index (χ3v) is 3.67. The minimum Gasteiger partial charge on any atom is -0.350 e. The van der Waals surface area contributed by atoms with Crippen molar-refractivity contribution in [1.82, 2.24) is 5.32 Å². The smallest absolute Gasteiger partial charge is 0.233 e. The van der Waals surface area contributed by atoms with Crippen LogP contribution in [0.4, 0.5) is 0 Å². The molecule has 1 unspecified atom stereocenters. The van der Waals surface area contributed by atoms with Crippen LogP contribution in [0.2, 0.25) is 0 Å². The number of hydrogen-bond acceptors (Lipinski definition) is 3. The first-order valence-corrected chi connectivity index (χ1v) is 6.61. The van der Waals surface area contributed by atoms with Gasteiger partial charge in [-0.05, 0) is 45.9 Å². The monoisotopic (exact) mass is 232 g/mol. The van der Waals surface area contributed by atoms with Gasteiger partial charge in [0.2, 0.25) is 5.91 Å². The first-order chi connectivity index (χ1) is 6.93. The molecular formula is C11H24N2OS. The topological polar surface area (TPSA) is 55.1 Å². The van der Waals surface area contributed by atoms with Crippen LogP contribution in [0.25, 0.3) is 0 Å². The molecule has 0 bridgehead atoms. The standard InChI is InChI=1S/C11H24N2OS/c1-5-11(3,4)13-10(14)9(2)15-8-6-7-12/h9H,5-8,12H2,1-4H3,(H,13,14). The van der Waals surface area contributed by atoms with Crippen LogP contribution < -0.4 is 11.1 Å². The summed E-state index contributed by atoms with van der Waals surface area (Å²) in [6, 6.07) is 0. The predicted octanol–water partition coefficient (Wildman–Crippen LogP) is 1.76. The number of nitrogens with one attached hydrogen (secondary N) is 1. The third-order valence-electron chi connectivity index (χ3n) is 2.43. The Bertz CT molecular complexity index is 195. The number of amides is 1. The van der Waals surface area contributed by atoms with Gasteiger partial charge in [0.05, 0.1) is 5.25 Å². The maximum Gasteiger partial charge on any atom is 0.233 e. The zero-order chi connectivity index (χ0) is 11.9. The van der Waals surface area contributed by atoms with E-state index in [1.165, 1.54) is 0 Å². The number of nitrogens with two attached hydrogens (primary N) is 1. The van der Waals surface area contributed by atoms with Gasteiger partial charge in [0.15, 0.2) is 0 Å². The Kier molecular flexibility index (Phi) is 7.02. The highest BCUT2D eigenvalue weighted by atomic mass is 32.2. The van der Waals surface area contributed by atoms with Crippen LogP contribution >= 0.6 is 11.8 Å². The van der Waals surface area contributed by atoms with Gasteiger partial charge in [-0.3, -0.25) is 4.79 Å². The summed E-state index contributed by atoms with van der Waals surface area (Å²) in [5, 5.41) is 3.06. The van der Waals surface area contributed by atoms with Crippen molar-refractivity contribution in [2.45, 2.75) is 51.3 Å². The van der Waals surface area contributed by atoms with Gasteiger partial charge in [0.1, 0.15) is 0 Å². The van der Waals surface area contributed by atoms with Crippen LogP contribution in [0.5, 0.6) is 0 Å². The summed E-state index contributed by atoms with van der Waals surface area (Å²) in [5.74, 6) is 1.08. The summed E-state index contributed by atoms with van der Waals surface area (Å²) in [6.45, 7) is 8.81. The minimum atomic E-state index is -0.0974. The van der Waals surface area contributed by atoms with Crippen molar-refractivity contribution in [1.29, 1.82) is 0 Å². The van der Waals surface area contributed by atoms with Crippen molar-refractivity contribution in [2.75, 3.05) is 12.3 Å². The zero-order valence-corrected chi connectivity index (χ0v) is 11.1. The maximum atomic E-state index is 11.7. The average molecular weight is 232 g/mol. The summed E-state index contributed by atoms with van der Waals surface area (Å²) in [4.78, 5) is 11.7. The molecule has 0 aliphatic carbocycles. The van der Waals surface area contributed by atoms with Gasteiger partial charge in [-0.15, -0.1) is 11.8 Å². The van der Waals surface area contributed by atoms with Gasteiger partial charge in [-0.2, -0.15) is 0 Å². The Morgan fingerprint density at radius 2 is 2.13 bits per heavy atom. The molecule has 0 radical (unpaired) electrons. The van der Waals surface area contributed by atoms with Crippen LogP contribution in [0.3, 0.4) is 0 Å². The lowest BCUT2D eigenvalue weighted by atomic mass is 10.0. The number of carbonyl (C=O) groups excluding carboxylic acids is 1. The molecule has 15 heavy (non-hydrogen) atoms. The molecule has 1 amide bonds. The summed E-state index contributed by atoms with van der Waals surface area (Å²) >= 11 is 1.67. The van der Waals surface area contributed by atoms with Gasteiger partial charge in [0, 0.05) is 5.54 Å². The zero-order valence-electron chi connectivity index (χ0n) is 10.3. The molecule has 90 valence electrons. The molecular weight excluding hydrogens is 208 g/mol. The highest BCUT2D eigenvalue weighted by Crippen LogP contribution is 2.14. The summed E-state index contributed by atoms with van der Waals surface area (Å²) in [6.07, 6.45) is 1.92. The van der Waals surface area contributed by atoms with E-state index >= 15 is 0 Å². The fourth-order valence-electron chi connectivity index (χ4n) is 0.943. The van der Waals surface area contributed by atoms with Crippen LogP contribution in [-0.4, -0.2) is 29.0 Å². The van der Waals surface area contributed by atoms with Crippen molar-refractivity contribution >= 4 is 17.7 Å². The quantitative estimate of drug-likeness (QED) is 0.658. The lowest BCUT2D eigenvalue weighted by Gasteiger charge is -2.26. The van der Waals surface area contributed by atoms with Crippen molar-refractivity contribution in [2.24, 2.45) is 5.73 Å². The number of rotatable bonds is 7. The Hall–Kier alpha value is -0.220. The lowest BCUT2D eigenvalue weighted by Crippen LogP contribution is -2.46. The molecule has 1 atom stereocenters. The molecule has 0 saturated carbocycles. The van der Waals surface area contributed by atoms with E-state index < -0.39 is 0 Å². The molecule has 0 rings (SSSR count). The van der Waals surface area contributed by atoms with E-state index in [2.05, 4.69) is 12.2 Å². The van der Waals surface area contributed by atoms with E-state index in [-0.39, 0.29) is 16.7 Å². The summed E-state index contributed by atoms with van der Waals surface area (Å²) in [5.41, 5.74) is 5.30. The van der Waals surface area contributed by atoms with E-state index in [1.54, 1.807) is 11.8 Å². The van der Waals surface area contributed by atoms with Gasteiger partial charge in [-0.1, -0.05) is 6.92 Å². The lowest BCUT2D eigenvalue weighted by molar-refractivity contribution is -0.121. The fraction of sp³-hybridized carbons (Fsp3) is 0.909. The van der Waals surface area contributed by atoms with Gasteiger partial charge in [-0.25, -0.2) is 0 Å². The van der Waals surface area contributed by atoms with Crippen LogP contribution in [0.15, 0.2) is 0 Å². The molecule has 0 aromatic rings. The normalized spacial score (nSPS) is 13.7. The van der Waals surface area contributed by atoms with Crippen LogP contribution in [0.1, 0.15) is 40.5 Å². The molecule has 0 aromatic carbocycles. The largest absolute Gasteiger partial charge is 0.350 e. The average Bonchev–Trinajstić information content (AvgIpc) is 2.17. The van der Waals surface area contributed by atoms with E-state index in [9.17, 15) is 4.79 Å². The summed E-state index contributed by atoms with van der Waals surface area (Å²) < 4.78 is 0. The van der Waals surface area contributed by atoms with Gasteiger partial charge >= 0.3 is 0 Å². The molecule has 0 aliphatic rings. The fourth-order valence-corrected chi connectivity index (χ4v) is 1.84. The van der Waals surface area contributed by atoms with Gasteiger partial charge < -0.3 is 11.1 Å². The highest BCUT2D eigenvalue weighted by Gasteiger charge is 2.21.